The second-order valence-electron chi connectivity index (χ2n) is 4.83. The van der Waals surface area contributed by atoms with Gasteiger partial charge in [-0.2, -0.15) is 5.10 Å². The Bertz CT molecular complexity index is 500. The average Bonchev–Trinajstić information content (AvgIpc) is 2.52. The molecule has 4 N–H and O–H groups in total. The van der Waals surface area contributed by atoms with E-state index in [2.05, 4.69) is 10.5 Å². The van der Waals surface area contributed by atoms with Crippen LogP contribution in [0.1, 0.15) is 44.1 Å². The molecule has 0 radical (unpaired) electrons. The maximum absolute atomic E-state index is 11.5. The van der Waals surface area contributed by atoms with Gasteiger partial charge in [0.05, 0.1) is 6.21 Å². The SMILES string of the molecule is O=C(CCCCCCC(=O)N/N=C/c1ccc(O)cc1)NO. The summed E-state index contributed by atoms with van der Waals surface area (Å²) in [5.41, 5.74) is 4.79. The van der Waals surface area contributed by atoms with Crippen LogP contribution in [0.5, 0.6) is 5.75 Å². The molecule has 0 heterocycles. The van der Waals surface area contributed by atoms with Crippen molar-refractivity contribution in [1.82, 2.24) is 10.9 Å². The zero-order chi connectivity index (χ0) is 16.2. The summed E-state index contributed by atoms with van der Waals surface area (Å²) >= 11 is 0. The van der Waals surface area contributed by atoms with Crippen LogP contribution in [-0.4, -0.2) is 28.3 Å². The van der Waals surface area contributed by atoms with Gasteiger partial charge in [0.15, 0.2) is 0 Å². The molecule has 0 bridgehead atoms. The van der Waals surface area contributed by atoms with E-state index in [9.17, 15) is 9.59 Å². The Kier molecular flexibility index (Phi) is 8.29. The number of hydrogen-bond donors (Lipinski definition) is 4. The summed E-state index contributed by atoms with van der Waals surface area (Å²) < 4.78 is 0. The molecule has 0 fully saturated rings. The highest BCUT2D eigenvalue weighted by atomic mass is 16.5. The molecular weight excluding hydrogens is 286 g/mol. The molecule has 0 saturated heterocycles. The second kappa shape index (κ2) is 10.3. The summed E-state index contributed by atoms with van der Waals surface area (Å²) in [7, 11) is 0. The maximum Gasteiger partial charge on any atom is 0.243 e. The molecule has 0 unspecified atom stereocenters. The number of nitrogens with zero attached hydrogens (tertiary/aromatic N) is 1. The van der Waals surface area contributed by atoms with Crippen LogP contribution in [0.15, 0.2) is 29.4 Å². The van der Waals surface area contributed by atoms with Crippen molar-refractivity contribution in [3.05, 3.63) is 29.8 Å². The first-order valence-corrected chi connectivity index (χ1v) is 7.15. The van der Waals surface area contributed by atoms with Crippen molar-refractivity contribution < 1.29 is 19.9 Å². The number of aromatic hydroxyl groups is 1. The molecule has 0 aromatic heterocycles. The summed E-state index contributed by atoms with van der Waals surface area (Å²) in [4.78, 5) is 22.3. The quantitative estimate of drug-likeness (QED) is 0.241. The number of hydrazone groups is 1. The van der Waals surface area contributed by atoms with E-state index in [4.69, 9.17) is 10.3 Å². The first-order chi connectivity index (χ1) is 10.6. The number of nitrogens with one attached hydrogen (secondary N) is 2. The fourth-order valence-corrected chi connectivity index (χ4v) is 1.78. The molecule has 0 aliphatic heterocycles. The van der Waals surface area contributed by atoms with E-state index in [-0.39, 0.29) is 17.6 Å². The van der Waals surface area contributed by atoms with Crippen molar-refractivity contribution in [2.75, 3.05) is 0 Å². The third-order valence-electron chi connectivity index (χ3n) is 2.98. The van der Waals surface area contributed by atoms with E-state index in [1.807, 2.05) is 0 Å². The van der Waals surface area contributed by atoms with Gasteiger partial charge in [0.1, 0.15) is 5.75 Å². The van der Waals surface area contributed by atoms with E-state index in [1.165, 1.54) is 6.21 Å². The van der Waals surface area contributed by atoms with Gasteiger partial charge in [-0.3, -0.25) is 14.8 Å². The Hall–Kier alpha value is -2.41. The zero-order valence-electron chi connectivity index (χ0n) is 12.3. The largest absolute Gasteiger partial charge is 0.508 e. The highest BCUT2D eigenvalue weighted by Gasteiger charge is 2.01. The number of hydroxylamine groups is 1. The minimum Gasteiger partial charge on any atom is -0.508 e. The van der Waals surface area contributed by atoms with E-state index in [1.54, 1.807) is 29.7 Å². The number of phenolic OH excluding ortho intramolecular Hbond substituents is 1. The van der Waals surface area contributed by atoms with Crippen molar-refractivity contribution >= 4 is 18.0 Å². The van der Waals surface area contributed by atoms with Crippen molar-refractivity contribution in [2.24, 2.45) is 5.10 Å². The van der Waals surface area contributed by atoms with E-state index < -0.39 is 0 Å². The van der Waals surface area contributed by atoms with Gasteiger partial charge in [-0.1, -0.05) is 12.8 Å². The zero-order valence-corrected chi connectivity index (χ0v) is 12.3. The standard InChI is InChI=1S/C15H21N3O4/c19-13-9-7-12(8-10-13)11-16-17-14(20)5-3-1-2-4-6-15(21)18-22/h7-11,19,22H,1-6H2,(H,17,20)(H,18,21)/b16-11+. The van der Waals surface area contributed by atoms with Gasteiger partial charge >= 0.3 is 0 Å². The van der Waals surface area contributed by atoms with Crippen LogP contribution in [0.3, 0.4) is 0 Å². The molecule has 0 atom stereocenters. The van der Waals surface area contributed by atoms with Crippen molar-refractivity contribution in [1.29, 1.82) is 0 Å². The van der Waals surface area contributed by atoms with Crippen molar-refractivity contribution in [3.8, 4) is 5.75 Å². The molecule has 1 aromatic rings. The molecule has 7 nitrogen and oxygen atoms in total. The number of carbonyl (C=O) groups is 2. The van der Waals surface area contributed by atoms with Gasteiger partial charge in [0.2, 0.25) is 11.8 Å². The molecule has 0 aliphatic carbocycles. The Balaban J connectivity index is 2.08. The highest BCUT2D eigenvalue weighted by molar-refractivity contribution is 5.82. The van der Waals surface area contributed by atoms with Gasteiger partial charge in [-0.15, -0.1) is 0 Å². The number of unbranched alkanes of at least 4 members (excludes halogenated alkanes) is 3. The van der Waals surface area contributed by atoms with Gasteiger partial charge in [0, 0.05) is 12.8 Å². The third kappa shape index (κ3) is 8.01. The average molecular weight is 307 g/mol. The van der Waals surface area contributed by atoms with Crippen molar-refractivity contribution in [3.63, 3.8) is 0 Å². The Morgan fingerprint density at radius 2 is 1.59 bits per heavy atom. The number of benzene rings is 1. The number of rotatable bonds is 9. The van der Waals surface area contributed by atoms with Gasteiger partial charge in [-0.05, 0) is 42.7 Å². The lowest BCUT2D eigenvalue weighted by Gasteiger charge is -2.01. The lowest BCUT2D eigenvalue weighted by molar-refractivity contribution is -0.129. The molecule has 22 heavy (non-hydrogen) atoms. The summed E-state index contributed by atoms with van der Waals surface area (Å²) in [5, 5.41) is 21.3. The van der Waals surface area contributed by atoms with Crippen LogP contribution in [0, 0.1) is 0 Å². The summed E-state index contributed by atoms with van der Waals surface area (Å²) in [6.07, 6.45) is 5.25. The monoisotopic (exact) mass is 307 g/mol. The maximum atomic E-state index is 11.5. The van der Waals surface area contributed by atoms with E-state index in [0.717, 1.165) is 24.8 Å². The van der Waals surface area contributed by atoms with Gasteiger partial charge < -0.3 is 5.11 Å². The predicted octanol–water partition coefficient (Wildman–Crippen LogP) is 1.69. The molecule has 0 spiro atoms. The predicted molar refractivity (Wildman–Crippen MR) is 81.5 cm³/mol. The lowest BCUT2D eigenvalue weighted by Crippen LogP contribution is -2.18. The summed E-state index contributed by atoms with van der Waals surface area (Å²) in [5.74, 6) is -0.373. The van der Waals surface area contributed by atoms with Crippen LogP contribution in [0.2, 0.25) is 0 Å². The first-order valence-electron chi connectivity index (χ1n) is 7.15. The minimum atomic E-state index is -0.388. The van der Waals surface area contributed by atoms with Gasteiger partial charge in [0.25, 0.3) is 0 Å². The smallest absolute Gasteiger partial charge is 0.243 e. The highest BCUT2D eigenvalue weighted by Crippen LogP contribution is 2.08. The normalized spacial score (nSPS) is 10.6. The molecule has 7 heteroatoms. The Labute approximate surface area is 129 Å². The Morgan fingerprint density at radius 1 is 1.00 bits per heavy atom. The number of carbonyl (C=O) groups excluding carboxylic acids is 2. The van der Waals surface area contributed by atoms with Crippen LogP contribution in [0.4, 0.5) is 0 Å². The van der Waals surface area contributed by atoms with Gasteiger partial charge in [-0.25, -0.2) is 10.9 Å². The summed E-state index contributed by atoms with van der Waals surface area (Å²) in [6.45, 7) is 0. The van der Waals surface area contributed by atoms with Crippen LogP contribution < -0.4 is 10.9 Å². The number of amides is 2. The molecule has 120 valence electrons. The summed E-state index contributed by atoms with van der Waals surface area (Å²) in [6, 6.07) is 6.46. The second-order valence-corrected chi connectivity index (χ2v) is 4.83. The van der Waals surface area contributed by atoms with E-state index in [0.29, 0.717) is 19.3 Å². The molecule has 0 aliphatic rings. The molecule has 1 aromatic carbocycles. The lowest BCUT2D eigenvalue weighted by atomic mass is 10.1. The number of phenols is 1. The molecule has 2 amide bonds. The molecule has 1 rings (SSSR count). The Morgan fingerprint density at radius 3 is 2.18 bits per heavy atom. The van der Waals surface area contributed by atoms with Crippen molar-refractivity contribution in [2.45, 2.75) is 38.5 Å². The first kappa shape index (κ1) is 17.6. The van der Waals surface area contributed by atoms with Crippen LogP contribution >= 0.6 is 0 Å². The molecule has 0 saturated carbocycles. The topological polar surface area (TPSA) is 111 Å². The number of hydrogen-bond acceptors (Lipinski definition) is 5. The fraction of sp³-hybridized carbons (Fsp3) is 0.400. The third-order valence-corrected chi connectivity index (χ3v) is 2.98. The minimum absolute atomic E-state index is 0.164. The van der Waals surface area contributed by atoms with Crippen LogP contribution in [0.25, 0.3) is 0 Å². The fourth-order valence-electron chi connectivity index (χ4n) is 1.78. The molecular formula is C15H21N3O4. The van der Waals surface area contributed by atoms with Crippen LogP contribution in [-0.2, 0) is 9.59 Å². The van der Waals surface area contributed by atoms with E-state index >= 15 is 0 Å².